The van der Waals surface area contributed by atoms with Crippen LogP contribution in [0.2, 0.25) is 0 Å². The predicted octanol–water partition coefficient (Wildman–Crippen LogP) is 2.47. The van der Waals surface area contributed by atoms with Crippen molar-refractivity contribution in [1.29, 1.82) is 0 Å². The first-order valence-electron chi connectivity index (χ1n) is 8.25. The molecule has 1 aromatic heterocycles. The maximum atomic E-state index is 12.2. The first kappa shape index (κ1) is 18.7. The number of rotatable bonds is 7. The van der Waals surface area contributed by atoms with Crippen LogP contribution in [0.5, 0.6) is 0 Å². The molecule has 0 saturated heterocycles. The molecule has 25 heavy (non-hydrogen) atoms. The molecule has 0 bridgehead atoms. The van der Waals surface area contributed by atoms with Crippen LogP contribution in [0.15, 0.2) is 41.0 Å². The number of aryl methyl sites for hydroxylation is 2. The number of amides is 2. The number of para-hydroxylation sites is 1. The van der Waals surface area contributed by atoms with Gasteiger partial charge in [0.1, 0.15) is 5.76 Å². The third-order valence-corrected chi connectivity index (χ3v) is 4.19. The van der Waals surface area contributed by atoms with E-state index in [9.17, 15) is 9.59 Å². The number of carbonyl (C=O) groups is 2. The second-order valence-electron chi connectivity index (χ2n) is 6.20. The molecule has 0 aliphatic rings. The van der Waals surface area contributed by atoms with Gasteiger partial charge in [-0.05, 0) is 51.1 Å². The van der Waals surface area contributed by atoms with Gasteiger partial charge in [0.05, 0.1) is 25.4 Å². The summed E-state index contributed by atoms with van der Waals surface area (Å²) in [6, 6.07) is 9.11. The summed E-state index contributed by atoms with van der Waals surface area (Å²) in [5, 5.41) is 5.53. The molecule has 2 rings (SSSR count). The number of carbonyl (C=O) groups excluding carboxylic acids is 2. The smallest absolute Gasteiger partial charge is 0.243 e. The van der Waals surface area contributed by atoms with Gasteiger partial charge >= 0.3 is 0 Å². The molecular formula is C19H25N3O3. The van der Waals surface area contributed by atoms with Crippen LogP contribution in [-0.2, 0) is 16.1 Å². The molecule has 0 radical (unpaired) electrons. The summed E-state index contributed by atoms with van der Waals surface area (Å²) < 4.78 is 5.28. The van der Waals surface area contributed by atoms with Crippen LogP contribution in [-0.4, -0.2) is 36.3 Å². The van der Waals surface area contributed by atoms with E-state index in [4.69, 9.17) is 4.42 Å². The first-order chi connectivity index (χ1) is 11.9. The summed E-state index contributed by atoms with van der Waals surface area (Å²) in [6.45, 7) is 6.13. The van der Waals surface area contributed by atoms with Gasteiger partial charge in [0.2, 0.25) is 11.8 Å². The molecule has 1 atom stereocenters. The lowest BCUT2D eigenvalue weighted by Crippen LogP contribution is -2.45. The summed E-state index contributed by atoms with van der Waals surface area (Å²) in [4.78, 5) is 26.2. The second-order valence-corrected chi connectivity index (χ2v) is 6.20. The molecule has 0 aliphatic carbocycles. The Bertz CT molecular complexity index is 705. The van der Waals surface area contributed by atoms with E-state index in [1.807, 2.05) is 56.1 Å². The summed E-state index contributed by atoms with van der Waals surface area (Å²) in [5.41, 5.74) is 2.78. The van der Waals surface area contributed by atoms with Gasteiger partial charge in [0.15, 0.2) is 0 Å². The molecule has 0 fully saturated rings. The minimum absolute atomic E-state index is 0.0639. The van der Waals surface area contributed by atoms with E-state index in [-0.39, 0.29) is 24.4 Å². The van der Waals surface area contributed by atoms with Gasteiger partial charge in [-0.2, -0.15) is 0 Å². The Balaban J connectivity index is 1.83. The number of nitrogens with zero attached hydrogens (tertiary/aromatic N) is 1. The molecule has 6 heteroatoms. The largest absolute Gasteiger partial charge is 0.468 e. The average molecular weight is 343 g/mol. The molecule has 2 aromatic rings. The van der Waals surface area contributed by atoms with Crippen molar-refractivity contribution in [3.8, 4) is 0 Å². The van der Waals surface area contributed by atoms with E-state index in [2.05, 4.69) is 10.6 Å². The van der Waals surface area contributed by atoms with Crippen molar-refractivity contribution in [2.45, 2.75) is 33.4 Å². The minimum Gasteiger partial charge on any atom is -0.468 e. The quantitative estimate of drug-likeness (QED) is 0.810. The number of hydrogen-bond acceptors (Lipinski definition) is 4. The molecule has 1 unspecified atom stereocenters. The molecule has 0 aliphatic heterocycles. The molecular weight excluding hydrogens is 318 g/mol. The molecule has 2 N–H and O–H groups in total. The molecule has 6 nitrogen and oxygen atoms in total. The zero-order chi connectivity index (χ0) is 18.4. The Morgan fingerprint density at radius 2 is 1.84 bits per heavy atom. The highest BCUT2D eigenvalue weighted by molar-refractivity contribution is 5.96. The van der Waals surface area contributed by atoms with Crippen molar-refractivity contribution in [3.05, 3.63) is 53.5 Å². The van der Waals surface area contributed by atoms with Gasteiger partial charge in [-0.15, -0.1) is 0 Å². The third kappa shape index (κ3) is 5.19. The van der Waals surface area contributed by atoms with Gasteiger partial charge < -0.3 is 15.1 Å². The summed E-state index contributed by atoms with van der Waals surface area (Å²) >= 11 is 0. The van der Waals surface area contributed by atoms with Crippen molar-refractivity contribution >= 4 is 17.5 Å². The third-order valence-electron chi connectivity index (χ3n) is 4.19. The first-order valence-corrected chi connectivity index (χ1v) is 8.25. The molecule has 2 amide bonds. The molecule has 134 valence electrons. The Morgan fingerprint density at radius 1 is 1.16 bits per heavy atom. The van der Waals surface area contributed by atoms with E-state index in [0.29, 0.717) is 6.54 Å². The van der Waals surface area contributed by atoms with Crippen molar-refractivity contribution in [1.82, 2.24) is 10.2 Å². The zero-order valence-corrected chi connectivity index (χ0v) is 15.1. The SMILES string of the molecule is Cc1cccc(C)c1NC(=O)CNC(=O)C(C)N(C)Cc1ccco1. The highest BCUT2D eigenvalue weighted by Gasteiger charge is 2.19. The fourth-order valence-corrected chi connectivity index (χ4v) is 2.50. The van der Waals surface area contributed by atoms with Gasteiger partial charge in [-0.25, -0.2) is 0 Å². The Kier molecular flexibility index (Phi) is 6.36. The van der Waals surface area contributed by atoms with E-state index in [1.165, 1.54) is 0 Å². The van der Waals surface area contributed by atoms with Crippen LogP contribution in [0.1, 0.15) is 23.8 Å². The lowest BCUT2D eigenvalue weighted by Gasteiger charge is -2.22. The molecule has 0 saturated carbocycles. The van der Waals surface area contributed by atoms with Crippen LogP contribution < -0.4 is 10.6 Å². The van der Waals surface area contributed by atoms with Crippen LogP contribution >= 0.6 is 0 Å². The average Bonchev–Trinajstić information content (AvgIpc) is 3.08. The fourth-order valence-electron chi connectivity index (χ4n) is 2.50. The van der Waals surface area contributed by atoms with E-state index in [0.717, 1.165) is 22.6 Å². The number of hydrogen-bond donors (Lipinski definition) is 2. The second kappa shape index (κ2) is 8.48. The predicted molar refractivity (Wildman–Crippen MR) is 97.2 cm³/mol. The number of likely N-dealkylation sites (N-methyl/N-ethyl adjacent to an activating group) is 1. The number of nitrogens with one attached hydrogen (secondary N) is 2. The van der Waals surface area contributed by atoms with E-state index < -0.39 is 0 Å². The molecule has 0 spiro atoms. The monoisotopic (exact) mass is 343 g/mol. The van der Waals surface area contributed by atoms with Crippen LogP contribution in [0.4, 0.5) is 5.69 Å². The summed E-state index contributed by atoms with van der Waals surface area (Å²) in [7, 11) is 1.84. The van der Waals surface area contributed by atoms with Crippen LogP contribution in [0, 0.1) is 13.8 Å². The highest BCUT2D eigenvalue weighted by atomic mass is 16.3. The van der Waals surface area contributed by atoms with E-state index in [1.54, 1.807) is 13.2 Å². The minimum atomic E-state index is -0.377. The van der Waals surface area contributed by atoms with Crippen molar-refractivity contribution in [2.75, 3.05) is 18.9 Å². The number of anilines is 1. The maximum Gasteiger partial charge on any atom is 0.243 e. The Morgan fingerprint density at radius 3 is 2.44 bits per heavy atom. The van der Waals surface area contributed by atoms with Crippen molar-refractivity contribution in [2.24, 2.45) is 0 Å². The summed E-state index contributed by atoms with van der Waals surface area (Å²) in [5.74, 6) is 0.340. The Labute approximate surface area is 148 Å². The lowest BCUT2D eigenvalue weighted by molar-refractivity contribution is -0.127. The van der Waals surface area contributed by atoms with Gasteiger partial charge in [-0.1, -0.05) is 18.2 Å². The normalized spacial score (nSPS) is 12.0. The van der Waals surface area contributed by atoms with Crippen molar-refractivity contribution < 1.29 is 14.0 Å². The van der Waals surface area contributed by atoms with Crippen molar-refractivity contribution in [3.63, 3.8) is 0 Å². The summed E-state index contributed by atoms with van der Waals surface area (Å²) in [6.07, 6.45) is 1.60. The zero-order valence-electron chi connectivity index (χ0n) is 15.1. The van der Waals surface area contributed by atoms with Gasteiger partial charge in [0.25, 0.3) is 0 Å². The van der Waals surface area contributed by atoms with Gasteiger partial charge in [0, 0.05) is 5.69 Å². The lowest BCUT2D eigenvalue weighted by atomic mass is 10.1. The number of benzene rings is 1. The standard InChI is InChI=1S/C19H25N3O3/c1-13-7-5-8-14(2)18(13)21-17(23)11-20-19(24)15(3)22(4)12-16-9-6-10-25-16/h5-10,15H,11-12H2,1-4H3,(H,20,24)(H,21,23). The number of furan rings is 1. The Hall–Kier alpha value is -2.60. The highest BCUT2D eigenvalue weighted by Crippen LogP contribution is 2.19. The fraction of sp³-hybridized carbons (Fsp3) is 0.368. The molecule has 1 aromatic carbocycles. The molecule has 1 heterocycles. The van der Waals surface area contributed by atoms with E-state index >= 15 is 0 Å². The van der Waals surface area contributed by atoms with Crippen LogP contribution in [0.25, 0.3) is 0 Å². The van der Waals surface area contributed by atoms with Crippen LogP contribution in [0.3, 0.4) is 0 Å². The topological polar surface area (TPSA) is 74.6 Å². The maximum absolute atomic E-state index is 12.2. The van der Waals surface area contributed by atoms with Gasteiger partial charge in [-0.3, -0.25) is 14.5 Å².